The van der Waals surface area contributed by atoms with Crippen molar-refractivity contribution in [1.82, 2.24) is 15.1 Å². The van der Waals surface area contributed by atoms with Crippen molar-refractivity contribution < 1.29 is 59.3 Å². The minimum Gasteiger partial charge on any atom is -0.376 e. The summed E-state index contributed by atoms with van der Waals surface area (Å²) in [5, 5.41) is 79.8. The monoisotopic (exact) mass is 678 g/mol. The zero-order valence-corrected chi connectivity index (χ0v) is 28.6. The lowest BCUT2D eigenvalue weighted by molar-refractivity contribution is -0.492. The second-order valence-electron chi connectivity index (χ2n) is 13.9. The molecule has 4 rings (SSSR count). The number of ether oxygens (including phenoxy) is 1. The summed E-state index contributed by atoms with van der Waals surface area (Å²) in [7, 11) is 10.3. The van der Waals surface area contributed by atoms with Crippen molar-refractivity contribution in [1.29, 1.82) is 0 Å². The molecule has 0 aliphatic carbocycles. The summed E-state index contributed by atoms with van der Waals surface area (Å²) >= 11 is 0. The number of rotatable bonds is 10. The Balaban J connectivity index is 1.80. The molecule has 2 aliphatic heterocycles. The Morgan fingerprint density at radius 1 is 1.02 bits per heavy atom. The zero-order chi connectivity index (χ0) is 37.3. The van der Waals surface area contributed by atoms with Crippen molar-refractivity contribution >= 4 is 78.7 Å². The number of aliphatic hydroxyl groups is 7. The van der Waals surface area contributed by atoms with Crippen LogP contribution in [0.5, 0.6) is 0 Å². The molecule has 0 radical (unpaired) electrons. The van der Waals surface area contributed by atoms with Gasteiger partial charge < -0.3 is 60.8 Å². The molecule has 2 amide bonds. The predicted molar refractivity (Wildman–Crippen MR) is 190 cm³/mol. The molecule has 23 heteroatoms. The Kier molecular flexibility index (Phi) is 9.69. The Morgan fingerprint density at radius 2 is 1.59 bits per heavy atom. The lowest BCUT2D eigenvalue weighted by Crippen LogP contribution is -2.88. The summed E-state index contributed by atoms with van der Waals surface area (Å²) in [4.78, 5) is 39.4. The van der Waals surface area contributed by atoms with Gasteiger partial charge in [-0.3, -0.25) is 14.5 Å². The predicted octanol–water partition coefficient (Wildman–Crippen LogP) is -9.86. The van der Waals surface area contributed by atoms with E-state index in [1.807, 2.05) is 0 Å². The molecule has 2 aromatic carbocycles. The fraction of sp³-hybridized carbons (Fsp3) is 0.423. The molecule has 0 saturated carbocycles. The van der Waals surface area contributed by atoms with E-state index in [1.165, 1.54) is 76.6 Å². The first-order valence-electron chi connectivity index (χ1n) is 15.5. The van der Waals surface area contributed by atoms with Crippen LogP contribution in [-0.2, 0) is 31.2 Å². The molecule has 4 atom stereocenters. The summed E-state index contributed by atoms with van der Waals surface area (Å²) in [6.07, 6.45) is 0.345. The maximum Gasteiger partial charge on any atom is 0.315 e. The summed E-state index contributed by atoms with van der Waals surface area (Å²) in [6.45, 7) is 0. The molecule has 0 bridgehead atoms. The Bertz CT molecular complexity index is 1650. The minimum absolute atomic E-state index is 0.0958. The highest BCUT2D eigenvalue weighted by Gasteiger charge is 2.68. The molecule has 1 fully saturated rings. The first kappa shape index (κ1) is 38.7. The van der Waals surface area contributed by atoms with Crippen LogP contribution in [0.1, 0.15) is 39.9 Å². The maximum atomic E-state index is 16.6. The van der Waals surface area contributed by atoms with Crippen LogP contribution in [0.3, 0.4) is 0 Å². The second-order valence-corrected chi connectivity index (χ2v) is 13.9. The van der Waals surface area contributed by atoms with E-state index >= 15 is 4.39 Å². The van der Waals surface area contributed by atoms with Crippen LogP contribution < -0.4 is 10.6 Å². The molecule has 256 valence electrons. The fourth-order valence-corrected chi connectivity index (χ4v) is 7.30. The third kappa shape index (κ3) is 5.94. The van der Waals surface area contributed by atoms with E-state index in [0.29, 0.717) is 6.29 Å². The lowest BCUT2D eigenvalue weighted by atomic mass is 9.43. The van der Waals surface area contributed by atoms with Crippen LogP contribution in [0, 0.1) is 5.82 Å². The number of morpholine rings is 1. The molecule has 0 aromatic heterocycles. The number of nitrogens with one attached hydrogen (secondary N) is 2. The maximum absolute atomic E-state index is 16.6. The molecule has 2 aliphatic rings. The smallest absolute Gasteiger partial charge is 0.315 e. The van der Waals surface area contributed by atoms with Gasteiger partial charge in [-0.1, -0.05) is 18.2 Å². The van der Waals surface area contributed by atoms with Gasteiger partial charge in [-0.15, -0.1) is 0 Å². The Morgan fingerprint density at radius 3 is 2.16 bits per heavy atom. The zero-order valence-electron chi connectivity index (χ0n) is 28.6. The van der Waals surface area contributed by atoms with Crippen LogP contribution in [0.4, 0.5) is 10.1 Å². The number of carbonyl (C=O) groups excluding carboxylic acids is 3. The van der Waals surface area contributed by atoms with Crippen LogP contribution in [-0.4, -0.2) is 154 Å². The normalized spacial score (nSPS) is 27.3. The highest BCUT2D eigenvalue weighted by Crippen LogP contribution is 2.47. The summed E-state index contributed by atoms with van der Waals surface area (Å²) in [6, 6.07) is 6.34. The first-order valence-corrected chi connectivity index (χ1v) is 15.5. The number of hydrogen-bond acceptors (Lipinski definition) is 13. The Labute approximate surface area is 288 Å². The summed E-state index contributed by atoms with van der Waals surface area (Å²) in [5.74, 6) is -9.23. The Hall–Kier alpha value is -3.13. The summed E-state index contributed by atoms with van der Waals surface area (Å²) < 4.78 is 21.7. The molecule has 2 aromatic rings. The average Bonchev–Trinajstić information content (AvgIpc) is 3.16. The van der Waals surface area contributed by atoms with Crippen LogP contribution in [0.2, 0.25) is 0 Å². The molecule has 15 nitrogen and oxygen atoms in total. The van der Waals surface area contributed by atoms with E-state index in [-0.39, 0.29) is 35.2 Å². The van der Waals surface area contributed by atoms with Crippen molar-refractivity contribution in [2.45, 2.75) is 58.4 Å². The van der Waals surface area contributed by atoms with Gasteiger partial charge >= 0.3 is 5.97 Å². The number of nitrogens with zero attached hydrogens (tertiary/aromatic N) is 2. The number of carbonyl (C=O) groups is 3. The topological polar surface area (TPSA) is 233 Å². The third-order valence-electron chi connectivity index (χ3n) is 9.86. The molecular weight excluding hydrogens is 639 g/mol. The van der Waals surface area contributed by atoms with Gasteiger partial charge in [0.25, 0.3) is 11.8 Å². The van der Waals surface area contributed by atoms with E-state index in [9.17, 15) is 50.1 Å². The van der Waals surface area contributed by atoms with E-state index in [1.54, 1.807) is 0 Å². The van der Waals surface area contributed by atoms with Crippen LogP contribution in [0.25, 0.3) is 0 Å². The highest BCUT2D eigenvalue weighted by molar-refractivity contribution is 6.47. The van der Waals surface area contributed by atoms with Gasteiger partial charge in [0.2, 0.25) is 5.91 Å². The number of benzene rings is 2. The molecule has 1 saturated heterocycles. The van der Waals surface area contributed by atoms with Crippen molar-refractivity contribution in [3.05, 3.63) is 64.5 Å². The van der Waals surface area contributed by atoms with Crippen LogP contribution in [0.15, 0.2) is 36.4 Å². The largest absolute Gasteiger partial charge is 0.376 e. The third-order valence-corrected chi connectivity index (χ3v) is 9.86. The van der Waals surface area contributed by atoms with Gasteiger partial charge in [0, 0.05) is 35.6 Å². The second kappa shape index (κ2) is 12.3. The standard InChI is InChI=1S/C26H38B7FN4O11/c1-35-18(40)15(9-4-10-39)37-19(41)11-5-2-8-14(16(11)21(37,29)42)36-22(43,44)13-7-3-6-12(17(13)34)20(27,28)38-23(30,31)25(33,46)49-26(47,48)24(38,32)45/h2-3,5-8,10,15,36,42-48H,4,9,27-33H2,1H3,(H,35,40). The van der Waals surface area contributed by atoms with Crippen molar-refractivity contribution in [3.63, 3.8) is 0 Å². The number of hydrogen-bond donors (Lipinski definition) is 9. The van der Waals surface area contributed by atoms with E-state index in [4.69, 9.17) is 4.74 Å². The number of likely N-dealkylation sites (N-methyl/N-ethyl adjacent to an activating group) is 1. The summed E-state index contributed by atoms with van der Waals surface area (Å²) in [5.41, 5.74) is -8.70. The number of fused-ring (bicyclic) bond motifs is 1. The molecule has 9 N–H and O–H groups in total. The van der Waals surface area contributed by atoms with Gasteiger partial charge in [-0.05, 0) is 35.5 Å². The van der Waals surface area contributed by atoms with Gasteiger partial charge in [0.05, 0.1) is 5.56 Å². The SMILES string of the molecule is BC(B)(c1cccc(C(O)(O)Nc2cccc3c2C(B)(O)N(C(CCC=O)C(=O)NC)C3=O)c1F)N1C(B)(B)C(B)(O)OC(O)(O)C1(B)O. The number of halogens is 1. The van der Waals surface area contributed by atoms with Gasteiger partial charge in [0.1, 0.15) is 60.8 Å². The fourth-order valence-electron chi connectivity index (χ4n) is 7.30. The quantitative estimate of drug-likeness (QED) is 0.0647. The molecule has 0 spiro atoms. The average molecular weight is 677 g/mol. The molecule has 4 unspecified atom stereocenters. The number of amides is 2. The molecular formula is C26H38B7FN4O11. The van der Waals surface area contributed by atoms with Crippen molar-refractivity contribution in [2.24, 2.45) is 0 Å². The van der Waals surface area contributed by atoms with Crippen molar-refractivity contribution in [2.75, 3.05) is 12.4 Å². The van der Waals surface area contributed by atoms with Crippen LogP contribution >= 0.6 is 0 Å². The van der Waals surface area contributed by atoms with Crippen molar-refractivity contribution in [3.8, 4) is 0 Å². The van der Waals surface area contributed by atoms with Gasteiger partial charge in [0.15, 0.2) is 29.2 Å². The molecule has 2 heterocycles. The molecule has 49 heavy (non-hydrogen) atoms. The van der Waals surface area contributed by atoms with E-state index < -0.39 is 68.7 Å². The van der Waals surface area contributed by atoms with Gasteiger partial charge in [-0.2, -0.15) is 0 Å². The number of aldehydes is 1. The first-order chi connectivity index (χ1) is 22.3. The van der Waals surface area contributed by atoms with E-state index in [2.05, 4.69) is 10.6 Å². The van der Waals surface area contributed by atoms with Gasteiger partial charge in [-0.25, -0.2) is 4.39 Å². The highest BCUT2D eigenvalue weighted by atomic mass is 19.1. The number of anilines is 1. The van der Waals surface area contributed by atoms with E-state index in [0.717, 1.165) is 31.6 Å². The minimum atomic E-state index is -3.35. The lowest BCUT2D eigenvalue weighted by Gasteiger charge is -2.67.